The molecule has 7 heteroatoms. The van der Waals surface area contributed by atoms with Gasteiger partial charge in [0, 0.05) is 19.2 Å². The van der Waals surface area contributed by atoms with Gasteiger partial charge in [0.05, 0.1) is 12.4 Å². The molecule has 1 aromatic carbocycles. The summed E-state index contributed by atoms with van der Waals surface area (Å²) in [4.78, 5) is 30.5. The Morgan fingerprint density at radius 3 is 2.81 bits per heavy atom. The molecule has 0 aliphatic rings. The first-order chi connectivity index (χ1) is 10.1. The van der Waals surface area contributed by atoms with Crippen LogP contribution in [-0.2, 0) is 6.54 Å². The maximum atomic E-state index is 11.6. The Labute approximate surface area is 121 Å². The van der Waals surface area contributed by atoms with Gasteiger partial charge in [0.1, 0.15) is 11.5 Å². The summed E-state index contributed by atoms with van der Waals surface area (Å²) in [5.74, 6) is -0.336. The second kappa shape index (κ2) is 6.47. The van der Waals surface area contributed by atoms with Crippen LogP contribution in [0.25, 0.3) is 0 Å². The molecule has 2 rings (SSSR count). The third kappa shape index (κ3) is 3.75. The lowest BCUT2D eigenvalue weighted by molar-refractivity contribution is 0.0961. The second-order valence-corrected chi connectivity index (χ2v) is 4.29. The van der Waals surface area contributed by atoms with Gasteiger partial charge in [-0.25, -0.2) is 4.98 Å². The summed E-state index contributed by atoms with van der Waals surface area (Å²) in [6, 6.07) is 7.19. The van der Waals surface area contributed by atoms with Crippen LogP contribution in [-0.4, -0.2) is 28.8 Å². The molecule has 21 heavy (non-hydrogen) atoms. The highest BCUT2D eigenvalue weighted by Gasteiger charge is 2.06. The molecule has 0 aliphatic heterocycles. The number of carbonyl (C=O) groups is 2. The van der Waals surface area contributed by atoms with Crippen molar-refractivity contribution in [2.45, 2.75) is 6.54 Å². The van der Waals surface area contributed by atoms with Crippen LogP contribution in [0.1, 0.15) is 26.4 Å². The quantitative estimate of drug-likeness (QED) is 0.743. The molecule has 0 unspecified atom stereocenters. The Morgan fingerprint density at radius 2 is 2.10 bits per heavy atom. The molecule has 108 valence electrons. The first kappa shape index (κ1) is 14.4. The Kier molecular flexibility index (Phi) is 4.45. The zero-order chi connectivity index (χ0) is 15.2. The first-order valence-electron chi connectivity index (χ1n) is 6.27. The standard InChI is InChI=1S/C14H15N5O2/c1-16-14(21)10-4-2-3-9(5-10)6-18-12-8-17-7-11(19-12)13(15)20/h2-5,7-8H,6H2,1H3,(H2,15,20)(H,16,21)(H,18,19). The number of amides is 2. The fourth-order valence-corrected chi connectivity index (χ4v) is 1.73. The van der Waals surface area contributed by atoms with Gasteiger partial charge in [-0.2, -0.15) is 0 Å². The van der Waals surface area contributed by atoms with Gasteiger partial charge in [0.2, 0.25) is 0 Å². The number of carbonyl (C=O) groups excluding carboxylic acids is 2. The van der Waals surface area contributed by atoms with Crippen molar-refractivity contribution in [3.05, 3.63) is 53.5 Å². The molecule has 7 nitrogen and oxygen atoms in total. The molecular weight excluding hydrogens is 270 g/mol. The number of nitrogens with two attached hydrogens (primary N) is 1. The molecule has 0 aliphatic carbocycles. The Hall–Kier alpha value is -2.96. The van der Waals surface area contributed by atoms with E-state index in [1.54, 1.807) is 25.2 Å². The molecule has 0 radical (unpaired) electrons. The summed E-state index contributed by atoms with van der Waals surface area (Å²) in [6.45, 7) is 0.446. The summed E-state index contributed by atoms with van der Waals surface area (Å²) in [7, 11) is 1.58. The van der Waals surface area contributed by atoms with Crippen LogP contribution in [0.15, 0.2) is 36.7 Å². The third-order valence-corrected chi connectivity index (χ3v) is 2.78. The van der Waals surface area contributed by atoms with Gasteiger partial charge in [-0.15, -0.1) is 0 Å². The average molecular weight is 285 g/mol. The van der Waals surface area contributed by atoms with Crippen molar-refractivity contribution in [1.82, 2.24) is 15.3 Å². The zero-order valence-corrected chi connectivity index (χ0v) is 11.5. The first-order valence-corrected chi connectivity index (χ1v) is 6.27. The molecule has 1 aromatic heterocycles. The van der Waals surface area contributed by atoms with E-state index >= 15 is 0 Å². The van der Waals surface area contributed by atoms with Crippen LogP contribution in [0, 0.1) is 0 Å². The van der Waals surface area contributed by atoms with E-state index in [4.69, 9.17) is 5.73 Å². The zero-order valence-electron chi connectivity index (χ0n) is 11.5. The summed E-state index contributed by atoms with van der Waals surface area (Å²) in [5.41, 5.74) is 6.72. The monoisotopic (exact) mass is 285 g/mol. The number of hydrogen-bond donors (Lipinski definition) is 3. The Balaban J connectivity index is 2.08. The van der Waals surface area contributed by atoms with Crippen LogP contribution >= 0.6 is 0 Å². The van der Waals surface area contributed by atoms with Crippen LogP contribution in [0.5, 0.6) is 0 Å². The van der Waals surface area contributed by atoms with E-state index in [-0.39, 0.29) is 11.6 Å². The summed E-state index contributed by atoms with van der Waals surface area (Å²) in [6.07, 6.45) is 2.80. The van der Waals surface area contributed by atoms with Crippen LogP contribution < -0.4 is 16.4 Å². The number of nitrogens with one attached hydrogen (secondary N) is 2. The van der Waals surface area contributed by atoms with Crippen LogP contribution in [0.2, 0.25) is 0 Å². The van der Waals surface area contributed by atoms with Crippen molar-refractivity contribution in [3.8, 4) is 0 Å². The van der Waals surface area contributed by atoms with E-state index in [1.165, 1.54) is 12.4 Å². The average Bonchev–Trinajstić information content (AvgIpc) is 2.52. The fraction of sp³-hybridized carbons (Fsp3) is 0.143. The molecule has 4 N–H and O–H groups in total. The molecule has 1 heterocycles. The number of hydrogen-bond acceptors (Lipinski definition) is 5. The number of rotatable bonds is 5. The molecule has 0 saturated carbocycles. The van der Waals surface area contributed by atoms with Gasteiger partial charge < -0.3 is 16.4 Å². The van der Waals surface area contributed by atoms with Gasteiger partial charge in [-0.05, 0) is 17.7 Å². The highest BCUT2D eigenvalue weighted by molar-refractivity contribution is 5.94. The summed E-state index contributed by atoms with van der Waals surface area (Å²) >= 11 is 0. The van der Waals surface area contributed by atoms with Crippen molar-refractivity contribution in [1.29, 1.82) is 0 Å². The van der Waals surface area contributed by atoms with E-state index in [2.05, 4.69) is 20.6 Å². The molecule has 0 atom stereocenters. The van der Waals surface area contributed by atoms with Gasteiger partial charge in [0.25, 0.3) is 11.8 Å². The van der Waals surface area contributed by atoms with Crippen molar-refractivity contribution in [3.63, 3.8) is 0 Å². The number of anilines is 1. The number of benzene rings is 1. The Bertz CT molecular complexity index is 672. The topological polar surface area (TPSA) is 110 Å². The highest BCUT2D eigenvalue weighted by Crippen LogP contribution is 2.08. The largest absolute Gasteiger partial charge is 0.365 e. The van der Waals surface area contributed by atoms with Gasteiger partial charge in [0.15, 0.2) is 0 Å². The Morgan fingerprint density at radius 1 is 1.29 bits per heavy atom. The SMILES string of the molecule is CNC(=O)c1cccc(CNc2cncc(C(N)=O)n2)c1. The van der Waals surface area contributed by atoms with Crippen molar-refractivity contribution in [2.24, 2.45) is 5.73 Å². The highest BCUT2D eigenvalue weighted by atomic mass is 16.2. The van der Waals surface area contributed by atoms with E-state index in [0.717, 1.165) is 5.56 Å². The fourth-order valence-electron chi connectivity index (χ4n) is 1.73. The lowest BCUT2D eigenvalue weighted by Gasteiger charge is -2.07. The van der Waals surface area contributed by atoms with Crippen LogP contribution in [0.4, 0.5) is 5.82 Å². The summed E-state index contributed by atoms with van der Waals surface area (Å²) < 4.78 is 0. The third-order valence-electron chi connectivity index (χ3n) is 2.78. The number of primary amides is 1. The summed E-state index contributed by atoms with van der Waals surface area (Å²) in [5, 5.41) is 5.60. The molecule has 0 bridgehead atoms. The van der Waals surface area contributed by atoms with E-state index in [0.29, 0.717) is 17.9 Å². The second-order valence-electron chi connectivity index (χ2n) is 4.29. The van der Waals surface area contributed by atoms with Gasteiger partial charge in [-0.3, -0.25) is 14.6 Å². The maximum absolute atomic E-state index is 11.6. The predicted molar refractivity (Wildman–Crippen MR) is 77.7 cm³/mol. The minimum absolute atomic E-state index is 0.0964. The van der Waals surface area contributed by atoms with Gasteiger partial charge >= 0.3 is 0 Å². The van der Waals surface area contributed by atoms with Crippen molar-refractivity contribution >= 4 is 17.6 Å². The smallest absolute Gasteiger partial charge is 0.268 e. The number of nitrogens with zero attached hydrogens (tertiary/aromatic N) is 2. The minimum atomic E-state index is -0.632. The molecule has 0 spiro atoms. The van der Waals surface area contributed by atoms with E-state index in [1.807, 2.05) is 6.07 Å². The minimum Gasteiger partial charge on any atom is -0.365 e. The van der Waals surface area contributed by atoms with E-state index < -0.39 is 5.91 Å². The lowest BCUT2D eigenvalue weighted by atomic mass is 10.1. The van der Waals surface area contributed by atoms with Crippen molar-refractivity contribution in [2.75, 3.05) is 12.4 Å². The lowest BCUT2D eigenvalue weighted by Crippen LogP contribution is -2.18. The van der Waals surface area contributed by atoms with Crippen molar-refractivity contribution < 1.29 is 9.59 Å². The maximum Gasteiger partial charge on any atom is 0.268 e. The molecule has 0 fully saturated rings. The van der Waals surface area contributed by atoms with Crippen LogP contribution in [0.3, 0.4) is 0 Å². The normalized spacial score (nSPS) is 9.95. The molecule has 0 saturated heterocycles. The van der Waals surface area contributed by atoms with Gasteiger partial charge in [-0.1, -0.05) is 12.1 Å². The predicted octanol–water partition coefficient (Wildman–Crippen LogP) is 0.547. The molecule has 2 aromatic rings. The van der Waals surface area contributed by atoms with E-state index in [9.17, 15) is 9.59 Å². The molecule has 2 amide bonds. The molecular formula is C14H15N5O2. The number of aromatic nitrogens is 2.